The molecule has 2 aromatic heterocycles. The average Bonchev–Trinajstić information content (AvgIpc) is 3.19. The van der Waals surface area contributed by atoms with E-state index in [0.717, 1.165) is 0 Å². The van der Waals surface area contributed by atoms with Crippen LogP contribution in [-0.2, 0) is 11.3 Å². The number of aromatic nitrogens is 1. The van der Waals surface area contributed by atoms with Crippen LogP contribution in [-0.4, -0.2) is 58.7 Å². The van der Waals surface area contributed by atoms with Crippen molar-refractivity contribution in [1.82, 2.24) is 20.1 Å². The maximum atomic E-state index is 12.6. The van der Waals surface area contributed by atoms with Gasteiger partial charge in [0.15, 0.2) is 0 Å². The molecule has 0 spiro atoms. The quantitative estimate of drug-likeness (QED) is 0.878. The Bertz CT molecular complexity index is 795. The Morgan fingerprint density at radius 2 is 1.88 bits per heavy atom. The smallest absolute Gasteiger partial charge is 0.270 e. The molecule has 3 rings (SSSR count). The van der Waals surface area contributed by atoms with Crippen LogP contribution in [0.5, 0.6) is 0 Å². The van der Waals surface area contributed by atoms with Gasteiger partial charge in [0.2, 0.25) is 5.91 Å². The first kappa shape index (κ1) is 17.7. The molecule has 0 unspecified atom stereocenters. The van der Waals surface area contributed by atoms with Crippen LogP contribution < -0.4 is 5.32 Å². The second-order valence-electron chi connectivity index (χ2n) is 5.99. The lowest BCUT2D eigenvalue weighted by Gasteiger charge is -2.34. The van der Waals surface area contributed by atoms with Crippen molar-refractivity contribution in [1.29, 1.82) is 0 Å². The Morgan fingerprint density at radius 1 is 1.15 bits per heavy atom. The summed E-state index contributed by atoms with van der Waals surface area (Å²) in [5.74, 6) is 0.0959. The maximum absolute atomic E-state index is 12.6. The molecule has 0 atom stereocenters. The van der Waals surface area contributed by atoms with Crippen molar-refractivity contribution in [3.05, 3.63) is 53.7 Å². The molecule has 1 N–H and O–H groups in total. The molecule has 3 heterocycles. The van der Waals surface area contributed by atoms with E-state index in [4.69, 9.17) is 4.42 Å². The van der Waals surface area contributed by atoms with E-state index >= 15 is 0 Å². The van der Waals surface area contributed by atoms with E-state index in [1.54, 1.807) is 28.0 Å². The summed E-state index contributed by atoms with van der Waals surface area (Å²) in [4.78, 5) is 43.7. The van der Waals surface area contributed by atoms with Crippen molar-refractivity contribution >= 4 is 17.7 Å². The van der Waals surface area contributed by atoms with Crippen LogP contribution in [0, 0.1) is 0 Å². The maximum Gasteiger partial charge on any atom is 0.270 e. The minimum atomic E-state index is -0.377. The molecule has 8 nitrogen and oxygen atoms in total. The summed E-state index contributed by atoms with van der Waals surface area (Å²) in [7, 11) is 0. The molecule has 0 aliphatic carbocycles. The fourth-order valence-corrected chi connectivity index (χ4v) is 2.77. The number of nitrogens with one attached hydrogen (secondary N) is 1. The van der Waals surface area contributed by atoms with Crippen LogP contribution in [0.15, 0.2) is 41.1 Å². The van der Waals surface area contributed by atoms with Crippen molar-refractivity contribution in [3.8, 4) is 0 Å². The molecule has 1 aliphatic heterocycles. The summed E-state index contributed by atoms with van der Waals surface area (Å²) in [6.07, 6.45) is 2.98. The molecular formula is C18H20N4O4. The van der Waals surface area contributed by atoms with Crippen molar-refractivity contribution in [3.63, 3.8) is 0 Å². The zero-order chi connectivity index (χ0) is 18.5. The van der Waals surface area contributed by atoms with Crippen molar-refractivity contribution in [2.45, 2.75) is 13.5 Å². The predicted octanol–water partition coefficient (Wildman–Crippen LogP) is 0.909. The van der Waals surface area contributed by atoms with Gasteiger partial charge in [0, 0.05) is 44.9 Å². The second-order valence-corrected chi connectivity index (χ2v) is 5.99. The van der Waals surface area contributed by atoms with Gasteiger partial charge in [-0.3, -0.25) is 19.4 Å². The van der Waals surface area contributed by atoms with Gasteiger partial charge in [-0.15, -0.1) is 0 Å². The normalized spacial score (nSPS) is 14.2. The Morgan fingerprint density at radius 3 is 2.54 bits per heavy atom. The molecule has 1 fully saturated rings. The lowest BCUT2D eigenvalue weighted by Crippen LogP contribution is -2.50. The molecule has 0 radical (unpaired) electrons. The predicted molar refractivity (Wildman–Crippen MR) is 92.3 cm³/mol. The second kappa shape index (κ2) is 7.81. The standard InChI is InChI=1S/C18H20N4O4/c1-13(23)21-6-8-22(9-7-21)18(25)14-4-5-19-16(11-14)17(24)20-12-15-3-2-10-26-15/h2-5,10-11H,6-9,12H2,1H3,(H,20,24). The fourth-order valence-electron chi connectivity index (χ4n) is 2.77. The van der Waals surface area contributed by atoms with E-state index in [-0.39, 0.29) is 30.0 Å². The summed E-state index contributed by atoms with van der Waals surface area (Å²) < 4.78 is 5.16. The van der Waals surface area contributed by atoms with Crippen LogP contribution in [0.2, 0.25) is 0 Å². The van der Waals surface area contributed by atoms with E-state index in [1.165, 1.54) is 25.5 Å². The number of hydrogen-bond donors (Lipinski definition) is 1. The molecular weight excluding hydrogens is 336 g/mol. The van der Waals surface area contributed by atoms with E-state index in [2.05, 4.69) is 10.3 Å². The van der Waals surface area contributed by atoms with Gasteiger partial charge in [-0.05, 0) is 24.3 Å². The number of nitrogens with zero attached hydrogens (tertiary/aromatic N) is 3. The molecule has 0 bridgehead atoms. The number of rotatable bonds is 4. The van der Waals surface area contributed by atoms with Gasteiger partial charge >= 0.3 is 0 Å². The third kappa shape index (κ3) is 4.08. The minimum Gasteiger partial charge on any atom is -0.467 e. The molecule has 1 saturated heterocycles. The minimum absolute atomic E-state index is 0.0107. The third-order valence-electron chi connectivity index (χ3n) is 4.26. The lowest BCUT2D eigenvalue weighted by atomic mass is 10.1. The van der Waals surface area contributed by atoms with Gasteiger partial charge in [0.1, 0.15) is 11.5 Å². The van der Waals surface area contributed by atoms with Gasteiger partial charge in [-0.25, -0.2) is 0 Å². The van der Waals surface area contributed by atoms with E-state index in [0.29, 0.717) is 37.5 Å². The highest BCUT2D eigenvalue weighted by atomic mass is 16.3. The van der Waals surface area contributed by atoms with Gasteiger partial charge in [-0.2, -0.15) is 0 Å². The molecule has 8 heteroatoms. The van der Waals surface area contributed by atoms with E-state index in [1.807, 2.05) is 0 Å². The monoisotopic (exact) mass is 356 g/mol. The molecule has 1 aliphatic rings. The van der Waals surface area contributed by atoms with Crippen molar-refractivity contribution < 1.29 is 18.8 Å². The van der Waals surface area contributed by atoms with Crippen molar-refractivity contribution in [2.75, 3.05) is 26.2 Å². The highest BCUT2D eigenvalue weighted by Gasteiger charge is 2.24. The van der Waals surface area contributed by atoms with E-state index in [9.17, 15) is 14.4 Å². The number of piperazine rings is 1. The topological polar surface area (TPSA) is 95.8 Å². The van der Waals surface area contributed by atoms with Gasteiger partial charge < -0.3 is 19.5 Å². The average molecular weight is 356 g/mol. The number of pyridine rings is 1. The number of carbonyl (C=O) groups excluding carboxylic acids is 3. The first-order chi connectivity index (χ1) is 12.5. The van der Waals surface area contributed by atoms with Gasteiger partial charge in [0.05, 0.1) is 12.8 Å². The number of furan rings is 1. The summed E-state index contributed by atoms with van der Waals surface area (Å²) >= 11 is 0. The molecule has 2 aromatic rings. The van der Waals surface area contributed by atoms with E-state index < -0.39 is 0 Å². The summed E-state index contributed by atoms with van der Waals surface area (Å²) in [6.45, 7) is 3.75. The van der Waals surface area contributed by atoms with Crippen LogP contribution >= 0.6 is 0 Å². The van der Waals surface area contributed by atoms with Crippen LogP contribution in [0.25, 0.3) is 0 Å². The highest BCUT2D eigenvalue weighted by molar-refractivity contribution is 5.98. The summed E-state index contributed by atoms with van der Waals surface area (Å²) in [5, 5.41) is 2.70. The largest absolute Gasteiger partial charge is 0.467 e. The SMILES string of the molecule is CC(=O)N1CCN(C(=O)c2ccnc(C(=O)NCc3ccco3)c2)CC1. The first-order valence-corrected chi connectivity index (χ1v) is 8.36. The first-order valence-electron chi connectivity index (χ1n) is 8.36. The summed E-state index contributed by atoms with van der Waals surface area (Å²) in [6, 6.07) is 6.57. The lowest BCUT2D eigenvalue weighted by molar-refractivity contribution is -0.130. The van der Waals surface area contributed by atoms with Gasteiger partial charge in [0.25, 0.3) is 11.8 Å². The van der Waals surface area contributed by atoms with Gasteiger partial charge in [-0.1, -0.05) is 0 Å². The molecule has 26 heavy (non-hydrogen) atoms. The summed E-state index contributed by atoms with van der Waals surface area (Å²) in [5.41, 5.74) is 0.573. The third-order valence-corrected chi connectivity index (χ3v) is 4.26. The molecule has 3 amide bonds. The fraction of sp³-hybridized carbons (Fsp3) is 0.333. The molecule has 0 saturated carbocycles. The van der Waals surface area contributed by atoms with Crippen LogP contribution in [0.4, 0.5) is 0 Å². The molecule has 0 aromatic carbocycles. The Balaban J connectivity index is 1.62. The number of amides is 3. The van der Waals surface area contributed by atoms with Crippen LogP contribution in [0.1, 0.15) is 33.5 Å². The number of hydrogen-bond acceptors (Lipinski definition) is 5. The van der Waals surface area contributed by atoms with Crippen LogP contribution in [0.3, 0.4) is 0 Å². The molecule has 136 valence electrons. The Kier molecular flexibility index (Phi) is 5.31. The zero-order valence-electron chi connectivity index (χ0n) is 14.5. The Labute approximate surface area is 150 Å². The zero-order valence-corrected chi connectivity index (χ0v) is 14.5. The Hall–Kier alpha value is -3.16. The highest BCUT2D eigenvalue weighted by Crippen LogP contribution is 2.10. The number of carbonyl (C=O) groups is 3. The van der Waals surface area contributed by atoms with Crippen molar-refractivity contribution in [2.24, 2.45) is 0 Å².